The molecule has 666 valence electrons. The molecule has 0 saturated heterocycles. The average Bonchev–Trinajstić information content (AvgIpc) is 1.57. The fourth-order valence-corrected chi connectivity index (χ4v) is 17.7. The van der Waals surface area contributed by atoms with E-state index in [9.17, 15) is 0 Å². The first-order valence-corrected chi connectivity index (χ1v) is 48.9. The fraction of sp³-hybridized carbons (Fsp3) is 0.692. The summed E-state index contributed by atoms with van der Waals surface area (Å²) in [6.07, 6.45) is 35.8. The number of fused-ring (bicyclic) bond motifs is 20. The third-order valence-electron chi connectivity index (χ3n) is 26.4. The third kappa shape index (κ3) is 28.0. The molecule has 7 aromatic rings. The first kappa shape index (κ1) is 97.7. The molecule has 0 fully saturated rings. The van der Waals surface area contributed by atoms with Gasteiger partial charge >= 0.3 is 0 Å². The van der Waals surface area contributed by atoms with E-state index in [-0.39, 0.29) is 0 Å². The molecule has 8 atom stereocenters. The minimum absolute atomic E-state index is 0.351. The molecule has 9 rings (SSSR count). The van der Waals surface area contributed by atoms with E-state index in [0.717, 1.165) is 268 Å². The van der Waals surface area contributed by atoms with Crippen molar-refractivity contribution in [3.8, 4) is 45.6 Å². The Labute approximate surface area is 725 Å². The van der Waals surface area contributed by atoms with Crippen LogP contribution in [-0.4, -0.2) is 92.7 Å². The monoisotopic (exact) mass is 1650 g/mol. The van der Waals surface area contributed by atoms with Crippen molar-refractivity contribution >= 4 is 44.1 Å². The first-order chi connectivity index (χ1) is 58.8. The molecule has 2 aliphatic rings. The zero-order valence-corrected chi connectivity index (χ0v) is 78.1. The van der Waals surface area contributed by atoms with Crippen molar-refractivity contribution in [1.82, 2.24) is 39.9 Å². The topological polar surface area (TPSA) is 183 Å². The molecule has 8 bridgehead atoms. The van der Waals surface area contributed by atoms with E-state index in [0.29, 0.717) is 199 Å². The summed E-state index contributed by atoms with van der Waals surface area (Å²) in [5.41, 5.74) is 13.9. The lowest BCUT2D eigenvalue weighted by atomic mass is 9.96. The van der Waals surface area contributed by atoms with Crippen molar-refractivity contribution < 1.29 is 37.9 Å². The van der Waals surface area contributed by atoms with Crippen LogP contribution >= 0.6 is 0 Å². The maximum absolute atomic E-state index is 7.03. The Hall–Kier alpha value is -6.08. The number of hydrogen-bond donors (Lipinski definition) is 2. The minimum atomic E-state index is 0.351. The molecule has 2 N–H and O–H groups in total. The molecular weight excluding hydrogens is 1490 g/mol. The SMILES string of the molecule is CCCCC(CC)COCc1ccc(COCC(CC)CCCC)c2c1-c1nc-2nc2[nH]c(nc3nc(nc4[nH]c(n1)c1c(COCC(CC)CCCC)ccc(COCC(CC)CCCC)c41)-c1c(COCC(CC)CCCC)ccc(COCC(CC)CCCC)c1-3)c1c(COCC(CC)CCCC)ccc(COCC(CC)CCCC)c21. The Bertz CT molecular complexity index is 3770. The Balaban J connectivity index is 1.49. The van der Waals surface area contributed by atoms with Crippen molar-refractivity contribution in [3.63, 3.8) is 0 Å². The van der Waals surface area contributed by atoms with Crippen LogP contribution in [0.4, 0.5) is 0 Å². The highest BCUT2D eigenvalue weighted by molar-refractivity contribution is 6.10. The van der Waals surface area contributed by atoms with Crippen LogP contribution in [0.25, 0.3) is 89.7 Å². The predicted octanol–water partition coefficient (Wildman–Crippen LogP) is 28.7. The van der Waals surface area contributed by atoms with Crippen LogP contribution < -0.4 is 0 Å². The van der Waals surface area contributed by atoms with E-state index in [1.807, 2.05) is 0 Å². The Morgan fingerprint density at radius 2 is 0.358 bits per heavy atom. The highest BCUT2D eigenvalue weighted by atomic mass is 16.5. The van der Waals surface area contributed by atoms with E-state index < -0.39 is 0 Å². The molecule has 2 aliphatic heterocycles. The number of hydrogen-bond acceptors (Lipinski definition) is 14. The number of rotatable bonds is 64. The lowest BCUT2D eigenvalue weighted by molar-refractivity contribution is 0.0808. The molecule has 16 nitrogen and oxygen atoms in total. The Kier molecular flexibility index (Phi) is 43.9. The van der Waals surface area contributed by atoms with Gasteiger partial charge in [0.05, 0.1) is 52.9 Å². The summed E-state index contributed by atoms with van der Waals surface area (Å²) in [6, 6.07) is 18.0. The quantitative estimate of drug-likeness (QED) is 0.0367. The van der Waals surface area contributed by atoms with Crippen LogP contribution in [-0.2, 0) is 90.7 Å². The zero-order valence-electron chi connectivity index (χ0n) is 78.1. The van der Waals surface area contributed by atoms with Gasteiger partial charge in [-0.3, -0.25) is 0 Å². The van der Waals surface area contributed by atoms with Gasteiger partial charge in [0, 0.05) is 96.7 Å². The van der Waals surface area contributed by atoms with Gasteiger partial charge in [-0.15, -0.1) is 0 Å². The lowest BCUT2D eigenvalue weighted by Crippen LogP contribution is -2.10. The maximum Gasteiger partial charge on any atom is 0.165 e. The minimum Gasteiger partial charge on any atom is -0.376 e. The van der Waals surface area contributed by atoms with Crippen LogP contribution in [0.2, 0.25) is 0 Å². The number of nitrogens with zero attached hydrogens (tertiary/aromatic N) is 6. The van der Waals surface area contributed by atoms with E-state index in [4.69, 9.17) is 67.8 Å². The van der Waals surface area contributed by atoms with E-state index in [1.165, 1.54) is 25.7 Å². The number of aromatic nitrogens is 8. The van der Waals surface area contributed by atoms with Crippen LogP contribution in [0.5, 0.6) is 0 Å². The van der Waals surface area contributed by atoms with Gasteiger partial charge in [0.1, 0.15) is 22.6 Å². The van der Waals surface area contributed by atoms with Crippen LogP contribution in [0.3, 0.4) is 0 Å². The molecule has 0 saturated carbocycles. The summed E-state index contributed by atoms with van der Waals surface area (Å²) in [5, 5.41) is 3.63. The van der Waals surface area contributed by atoms with E-state index in [1.54, 1.807) is 0 Å². The van der Waals surface area contributed by atoms with Gasteiger partial charge in [-0.2, -0.15) is 0 Å². The van der Waals surface area contributed by atoms with Crippen molar-refractivity contribution in [2.45, 2.75) is 369 Å². The van der Waals surface area contributed by atoms with E-state index >= 15 is 0 Å². The highest BCUT2D eigenvalue weighted by Gasteiger charge is 2.32. The van der Waals surface area contributed by atoms with E-state index in [2.05, 4.69) is 169 Å². The second-order valence-corrected chi connectivity index (χ2v) is 35.6. The fourth-order valence-electron chi connectivity index (χ4n) is 17.7. The number of unbranched alkanes of at least 4 members (excludes halogenated alkanes) is 8. The molecule has 4 aromatic carbocycles. The number of ether oxygens (including phenoxy) is 8. The van der Waals surface area contributed by atoms with Crippen LogP contribution in [0.1, 0.15) is 361 Å². The molecule has 0 spiro atoms. The van der Waals surface area contributed by atoms with Crippen LogP contribution in [0, 0.1) is 47.3 Å². The standard InChI is InChI=1S/C104H162N8O8/c1-17-33-41-73(25-9)57-113-65-81-49-50-82(66-114-58-74(26-10)42-34-18-2)90-89(81)97-105-98(90)110-100-93-85(69-117-61-77(29-13)45-37-21-5)53-54-86(70-118-62-78(30-14)46-38-22-6)94(93)102(107-100)112-104-96-88(72-120-64-80(32-16)48-40-24-8)56-55-87(71-119-63-79(31-15)47-39-23-7)95(96)103(108-104)111-101-92-84(68-116-60-76(28-12)44-36-20-4)52-51-83(91(92)99(106-101)109-97)67-115-59-75(27-11)43-35-19-3/h49-56,73-80H,17-48,57-72H2,1-16H3,(H2,105,106,107,108,109,110,111,112). The molecule has 3 aromatic heterocycles. The maximum atomic E-state index is 7.03. The number of benzene rings is 4. The summed E-state index contributed by atoms with van der Waals surface area (Å²) in [6.45, 7) is 44.6. The molecule has 0 amide bonds. The van der Waals surface area contributed by atoms with Gasteiger partial charge in [0.15, 0.2) is 23.3 Å². The molecule has 5 heterocycles. The second-order valence-electron chi connectivity index (χ2n) is 35.6. The second kappa shape index (κ2) is 53.9. The largest absolute Gasteiger partial charge is 0.376 e. The molecule has 0 radical (unpaired) electrons. The lowest BCUT2D eigenvalue weighted by Gasteiger charge is -2.18. The number of H-pyrrole nitrogens is 2. The molecule has 0 aliphatic carbocycles. The van der Waals surface area contributed by atoms with Gasteiger partial charge in [-0.1, -0.05) is 313 Å². The summed E-state index contributed by atoms with van der Waals surface area (Å²) in [4.78, 5) is 44.0. The summed E-state index contributed by atoms with van der Waals surface area (Å²) in [5.74, 6) is 5.52. The molecule has 120 heavy (non-hydrogen) atoms. The van der Waals surface area contributed by atoms with Gasteiger partial charge in [-0.05, 0) is 143 Å². The van der Waals surface area contributed by atoms with Gasteiger partial charge in [0.2, 0.25) is 0 Å². The smallest absolute Gasteiger partial charge is 0.165 e. The zero-order chi connectivity index (χ0) is 85.4. The molecule has 8 unspecified atom stereocenters. The highest BCUT2D eigenvalue weighted by Crippen LogP contribution is 2.45. The normalized spacial score (nSPS) is 14.3. The Morgan fingerprint density at radius 3 is 0.508 bits per heavy atom. The first-order valence-electron chi connectivity index (χ1n) is 48.9. The van der Waals surface area contributed by atoms with Gasteiger partial charge in [-0.25, -0.2) is 29.9 Å². The predicted molar refractivity (Wildman–Crippen MR) is 500 cm³/mol. The number of aromatic amines is 2. The van der Waals surface area contributed by atoms with Crippen molar-refractivity contribution in [1.29, 1.82) is 0 Å². The average molecular weight is 1650 g/mol. The Morgan fingerprint density at radius 1 is 0.208 bits per heavy atom. The molecular formula is C104H162N8O8. The van der Waals surface area contributed by atoms with Crippen molar-refractivity contribution in [3.05, 3.63) is 93.0 Å². The van der Waals surface area contributed by atoms with Crippen molar-refractivity contribution in [2.24, 2.45) is 47.3 Å². The summed E-state index contributed by atoms with van der Waals surface area (Å²) < 4.78 is 56.2. The number of nitrogens with one attached hydrogen (secondary N) is 2. The third-order valence-corrected chi connectivity index (χ3v) is 26.4. The summed E-state index contributed by atoms with van der Waals surface area (Å²) >= 11 is 0. The van der Waals surface area contributed by atoms with Crippen LogP contribution in [0.15, 0.2) is 48.5 Å². The van der Waals surface area contributed by atoms with Gasteiger partial charge in [0.25, 0.3) is 0 Å². The molecule has 16 heteroatoms. The van der Waals surface area contributed by atoms with Crippen molar-refractivity contribution in [2.75, 3.05) is 52.9 Å². The summed E-state index contributed by atoms with van der Waals surface area (Å²) in [7, 11) is 0. The van der Waals surface area contributed by atoms with Gasteiger partial charge < -0.3 is 47.9 Å².